The highest BCUT2D eigenvalue weighted by Gasteiger charge is 2.34. The monoisotopic (exact) mass is 321 g/mol. The van der Waals surface area contributed by atoms with Crippen LogP contribution >= 0.6 is 21.6 Å². The molecule has 1 rings (SSSR count). The Morgan fingerprint density at radius 3 is 1.95 bits per heavy atom. The van der Waals surface area contributed by atoms with Gasteiger partial charge in [-0.15, -0.1) is 5.06 Å². The first kappa shape index (κ1) is 16.8. The van der Waals surface area contributed by atoms with Crippen LogP contribution in [0.3, 0.4) is 0 Å². The molecular formula is C11H15NO6S2. The van der Waals surface area contributed by atoms with E-state index in [1.165, 1.54) is 7.11 Å². The number of hydrogen-bond donors (Lipinski definition) is 0. The summed E-state index contributed by atoms with van der Waals surface area (Å²) in [4.78, 5) is 50.3. The summed E-state index contributed by atoms with van der Waals surface area (Å²) in [6.07, 6.45) is 0.115. The second-order valence-corrected chi connectivity index (χ2v) is 6.95. The van der Waals surface area contributed by atoms with E-state index in [4.69, 9.17) is 4.84 Å². The van der Waals surface area contributed by atoms with E-state index in [0.29, 0.717) is 5.06 Å². The van der Waals surface area contributed by atoms with Crippen molar-refractivity contribution in [3.8, 4) is 0 Å². The molecule has 1 saturated heterocycles. The van der Waals surface area contributed by atoms with Crippen LogP contribution in [0.25, 0.3) is 0 Å². The first-order chi connectivity index (χ1) is 9.36. The van der Waals surface area contributed by atoms with Crippen LogP contribution in [0.5, 0.6) is 0 Å². The van der Waals surface area contributed by atoms with Gasteiger partial charge in [-0.3, -0.25) is 14.4 Å². The predicted octanol–water partition coefficient (Wildman–Crippen LogP) is 0.925. The Bertz CT molecular complexity index is 411. The second kappa shape index (κ2) is 7.53. The van der Waals surface area contributed by atoms with Gasteiger partial charge < -0.3 is 9.57 Å². The lowest BCUT2D eigenvalue weighted by Crippen LogP contribution is -2.34. The van der Waals surface area contributed by atoms with Crippen molar-refractivity contribution in [3.63, 3.8) is 0 Å². The number of nitrogens with zero attached hydrogens (tertiary/aromatic N) is 1. The minimum atomic E-state index is -0.705. The fourth-order valence-corrected chi connectivity index (χ4v) is 3.33. The van der Waals surface area contributed by atoms with Crippen molar-refractivity contribution in [3.05, 3.63) is 0 Å². The van der Waals surface area contributed by atoms with E-state index >= 15 is 0 Å². The molecule has 0 aromatic heterocycles. The summed E-state index contributed by atoms with van der Waals surface area (Å²) in [6, 6.07) is 0. The molecule has 0 spiro atoms. The molecule has 0 aromatic carbocycles. The summed E-state index contributed by atoms with van der Waals surface area (Å²) in [5.74, 6) is -2.14. The van der Waals surface area contributed by atoms with Crippen molar-refractivity contribution in [2.75, 3.05) is 7.11 Å². The minimum Gasteiger partial charge on any atom is -0.468 e. The molecule has 0 aromatic rings. The Balaban J connectivity index is 2.41. The molecule has 20 heavy (non-hydrogen) atoms. The fraction of sp³-hybridized carbons (Fsp3) is 0.636. The molecule has 7 nitrogen and oxygen atoms in total. The molecular weight excluding hydrogens is 306 g/mol. The number of esters is 1. The number of hydroxylamine groups is 2. The SMILES string of the molecule is COC(=O)C(C)SSC(C)C(=O)ON1C(=O)CCC1=O. The maximum Gasteiger partial charge on any atom is 0.346 e. The number of imide groups is 1. The average Bonchev–Trinajstić information content (AvgIpc) is 2.74. The Morgan fingerprint density at radius 1 is 1.05 bits per heavy atom. The third-order valence-corrected chi connectivity index (χ3v) is 5.54. The molecule has 0 aliphatic carbocycles. The van der Waals surface area contributed by atoms with E-state index < -0.39 is 34.3 Å². The van der Waals surface area contributed by atoms with Crippen LogP contribution in [0.15, 0.2) is 0 Å². The van der Waals surface area contributed by atoms with Crippen molar-refractivity contribution in [1.82, 2.24) is 5.06 Å². The number of hydrogen-bond acceptors (Lipinski definition) is 8. The maximum absolute atomic E-state index is 11.7. The summed E-state index contributed by atoms with van der Waals surface area (Å²) >= 11 is 0. The van der Waals surface area contributed by atoms with Crippen LogP contribution in [0, 0.1) is 0 Å². The van der Waals surface area contributed by atoms with E-state index in [1.54, 1.807) is 13.8 Å². The largest absolute Gasteiger partial charge is 0.468 e. The van der Waals surface area contributed by atoms with Crippen molar-refractivity contribution in [1.29, 1.82) is 0 Å². The summed E-state index contributed by atoms with van der Waals surface area (Å²) in [6.45, 7) is 3.21. The van der Waals surface area contributed by atoms with E-state index in [0.717, 1.165) is 21.6 Å². The molecule has 2 unspecified atom stereocenters. The van der Waals surface area contributed by atoms with Gasteiger partial charge in [-0.05, 0) is 13.8 Å². The number of carbonyl (C=O) groups is 4. The van der Waals surface area contributed by atoms with Gasteiger partial charge in [0.15, 0.2) is 0 Å². The highest BCUT2D eigenvalue weighted by atomic mass is 33.1. The Morgan fingerprint density at radius 2 is 1.50 bits per heavy atom. The predicted molar refractivity (Wildman–Crippen MR) is 73.3 cm³/mol. The van der Waals surface area contributed by atoms with Gasteiger partial charge in [0.05, 0.1) is 7.11 Å². The quantitative estimate of drug-likeness (QED) is 0.405. The number of ether oxygens (including phenoxy) is 1. The Kier molecular flexibility index (Phi) is 6.34. The van der Waals surface area contributed by atoms with Gasteiger partial charge in [-0.1, -0.05) is 21.6 Å². The van der Waals surface area contributed by atoms with Gasteiger partial charge in [-0.2, -0.15) is 0 Å². The van der Waals surface area contributed by atoms with Gasteiger partial charge in [-0.25, -0.2) is 4.79 Å². The fourth-order valence-electron chi connectivity index (χ4n) is 1.23. The van der Waals surface area contributed by atoms with Crippen molar-refractivity contribution < 1.29 is 28.8 Å². The molecule has 1 aliphatic rings. The van der Waals surface area contributed by atoms with Crippen LogP contribution in [0.4, 0.5) is 0 Å². The minimum absolute atomic E-state index is 0.0573. The van der Waals surface area contributed by atoms with Crippen LogP contribution in [0.2, 0.25) is 0 Å². The summed E-state index contributed by atoms with van der Waals surface area (Å²) < 4.78 is 4.55. The topological polar surface area (TPSA) is 90.0 Å². The Labute approximate surface area is 124 Å². The molecule has 0 bridgehead atoms. The highest BCUT2D eigenvalue weighted by molar-refractivity contribution is 8.77. The van der Waals surface area contributed by atoms with E-state index in [9.17, 15) is 19.2 Å². The first-order valence-corrected chi connectivity index (χ1v) is 8.12. The molecule has 112 valence electrons. The molecule has 1 fully saturated rings. The summed E-state index contributed by atoms with van der Waals surface area (Å²) in [5, 5.41) is -0.558. The third-order valence-electron chi connectivity index (χ3n) is 2.40. The molecule has 0 N–H and O–H groups in total. The molecule has 2 amide bonds. The standard InChI is InChI=1S/C11H15NO6S2/c1-6(10(15)17-3)19-20-7(2)11(16)18-12-8(13)4-5-9(12)14/h6-7H,4-5H2,1-3H3. The van der Waals surface area contributed by atoms with Crippen LogP contribution in [0.1, 0.15) is 26.7 Å². The third kappa shape index (κ3) is 4.41. The second-order valence-electron chi connectivity index (χ2n) is 3.99. The van der Waals surface area contributed by atoms with Crippen molar-refractivity contribution >= 4 is 45.3 Å². The summed E-state index contributed by atoms with van der Waals surface area (Å²) in [5.41, 5.74) is 0. The van der Waals surface area contributed by atoms with E-state index in [-0.39, 0.29) is 12.8 Å². The maximum atomic E-state index is 11.7. The molecule has 0 saturated carbocycles. The van der Waals surface area contributed by atoms with Gasteiger partial charge in [0.1, 0.15) is 10.5 Å². The van der Waals surface area contributed by atoms with Crippen LogP contribution in [-0.2, 0) is 28.8 Å². The number of methoxy groups -OCH3 is 1. The zero-order valence-electron chi connectivity index (χ0n) is 11.3. The van der Waals surface area contributed by atoms with Gasteiger partial charge >= 0.3 is 11.9 Å². The van der Waals surface area contributed by atoms with Gasteiger partial charge in [0, 0.05) is 12.8 Å². The van der Waals surface area contributed by atoms with E-state index in [1.807, 2.05) is 0 Å². The zero-order chi connectivity index (χ0) is 15.3. The average molecular weight is 321 g/mol. The van der Waals surface area contributed by atoms with Crippen molar-refractivity contribution in [2.45, 2.75) is 37.2 Å². The molecule has 0 radical (unpaired) electrons. The lowest BCUT2D eigenvalue weighted by molar-refractivity contribution is -0.196. The molecule has 1 heterocycles. The molecule has 2 atom stereocenters. The lowest BCUT2D eigenvalue weighted by atomic mass is 10.4. The summed E-state index contributed by atoms with van der Waals surface area (Å²) in [7, 11) is 3.56. The zero-order valence-corrected chi connectivity index (χ0v) is 12.9. The lowest BCUT2D eigenvalue weighted by Gasteiger charge is -2.16. The first-order valence-electron chi connectivity index (χ1n) is 5.84. The number of rotatable bonds is 6. The van der Waals surface area contributed by atoms with Crippen LogP contribution < -0.4 is 0 Å². The number of carbonyl (C=O) groups excluding carboxylic acids is 4. The van der Waals surface area contributed by atoms with Gasteiger partial charge in [0.25, 0.3) is 11.8 Å². The van der Waals surface area contributed by atoms with Crippen LogP contribution in [-0.4, -0.2) is 46.4 Å². The van der Waals surface area contributed by atoms with E-state index in [2.05, 4.69) is 4.74 Å². The number of amides is 2. The van der Waals surface area contributed by atoms with Crippen molar-refractivity contribution in [2.24, 2.45) is 0 Å². The smallest absolute Gasteiger partial charge is 0.346 e. The Hall–Kier alpha value is -1.22. The molecule has 1 aliphatic heterocycles. The highest BCUT2D eigenvalue weighted by Crippen LogP contribution is 2.32. The van der Waals surface area contributed by atoms with Gasteiger partial charge in [0.2, 0.25) is 0 Å². The molecule has 9 heteroatoms. The normalized spacial score (nSPS) is 17.9.